The van der Waals surface area contributed by atoms with E-state index in [1.165, 1.54) is 5.06 Å². The molecule has 0 unspecified atom stereocenters. The van der Waals surface area contributed by atoms with Gasteiger partial charge >= 0.3 is 0 Å². The number of rotatable bonds is 2. The van der Waals surface area contributed by atoms with E-state index in [1.54, 1.807) is 0 Å². The standard InChI is InChI=1S/C6H11NO3/c8-4-3-7-6(9)2-1-5-10-7/h8H,1-5H2. The zero-order valence-electron chi connectivity index (χ0n) is 5.75. The second-order valence-electron chi connectivity index (χ2n) is 2.16. The Kier molecular flexibility index (Phi) is 2.65. The molecule has 4 nitrogen and oxygen atoms in total. The van der Waals surface area contributed by atoms with Crippen molar-refractivity contribution < 1.29 is 14.7 Å². The van der Waals surface area contributed by atoms with Gasteiger partial charge in [-0.15, -0.1) is 0 Å². The number of hydrogen-bond acceptors (Lipinski definition) is 3. The Hall–Kier alpha value is -0.610. The molecule has 58 valence electrons. The molecule has 1 amide bonds. The highest BCUT2D eigenvalue weighted by Gasteiger charge is 2.17. The van der Waals surface area contributed by atoms with Crippen LogP contribution in [0.1, 0.15) is 12.8 Å². The van der Waals surface area contributed by atoms with Gasteiger partial charge in [0.1, 0.15) is 0 Å². The molecule has 0 aromatic carbocycles. The number of carbonyl (C=O) groups is 1. The Labute approximate surface area is 59.3 Å². The molecule has 1 heterocycles. The zero-order chi connectivity index (χ0) is 7.40. The Morgan fingerprint density at radius 1 is 1.70 bits per heavy atom. The summed E-state index contributed by atoms with van der Waals surface area (Å²) in [6, 6.07) is 0. The van der Waals surface area contributed by atoms with Crippen molar-refractivity contribution in [2.24, 2.45) is 0 Å². The van der Waals surface area contributed by atoms with Gasteiger partial charge in [0, 0.05) is 6.42 Å². The maximum atomic E-state index is 10.9. The van der Waals surface area contributed by atoms with E-state index in [1.807, 2.05) is 0 Å². The van der Waals surface area contributed by atoms with E-state index in [9.17, 15) is 4.79 Å². The van der Waals surface area contributed by atoms with Crippen molar-refractivity contribution in [1.29, 1.82) is 0 Å². The van der Waals surface area contributed by atoms with Gasteiger partial charge in [0.05, 0.1) is 19.8 Å². The number of aliphatic hydroxyl groups is 1. The molecule has 1 fully saturated rings. The minimum atomic E-state index is -0.0360. The molecule has 0 atom stereocenters. The fourth-order valence-corrected chi connectivity index (χ4v) is 0.875. The van der Waals surface area contributed by atoms with E-state index < -0.39 is 0 Å². The maximum Gasteiger partial charge on any atom is 0.246 e. The predicted octanol–water partition coefficient (Wildman–Crippen LogP) is -0.467. The fourth-order valence-electron chi connectivity index (χ4n) is 0.875. The van der Waals surface area contributed by atoms with Gasteiger partial charge in [-0.25, -0.2) is 5.06 Å². The van der Waals surface area contributed by atoms with Crippen LogP contribution < -0.4 is 0 Å². The fraction of sp³-hybridized carbons (Fsp3) is 0.833. The SMILES string of the molecule is O=C1CCCON1CCO. The van der Waals surface area contributed by atoms with Gasteiger partial charge in [-0.1, -0.05) is 0 Å². The van der Waals surface area contributed by atoms with Crippen molar-refractivity contribution in [2.45, 2.75) is 12.8 Å². The average Bonchev–Trinajstić information content (AvgIpc) is 1.94. The van der Waals surface area contributed by atoms with E-state index in [-0.39, 0.29) is 12.5 Å². The topological polar surface area (TPSA) is 49.8 Å². The molecule has 0 spiro atoms. The molecule has 1 aliphatic rings. The van der Waals surface area contributed by atoms with Crippen LogP contribution in [0.2, 0.25) is 0 Å². The van der Waals surface area contributed by atoms with Gasteiger partial charge in [0.25, 0.3) is 0 Å². The molecule has 10 heavy (non-hydrogen) atoms. The van der Waals surface area contributed by atoms with Crippen LogP contribution in [0.3, 0.4) is 0 Å². The largest absolute Gasteiger partial charge is 0.394 e. The summed E-state index contributed by atoms with van der Waals surface area (Å²) >= 11 is 0. The van der Waals surface area contributed by atoms with Gasteiger partial charge in [-0.05, 0) is 6.42 Å². The minimum Gasteiger partial charge on any atom is -0.394 e. The van der Waals surface area contributed by atoms with Gasteiger partial charge < -0.3 is 5.11 Å². The van der Waals surface area contributed by atoms with Crippen LogP contribution >= 0.6 is 0 Å². The normalized spacial score (nSPS) is 19.7. The van der Waals surface area contributed by atoms with Gasteiger partial charge in [-0.2, -0.15) is 0 Å². The summed E-state index contributed by atoms with van der Waals surface area (Å²) < 4.78 is 0. The molecule has 0 aliphatic carbocycles. The number of nitrogens with zero attached hydrogens (tertiary/aromatic N) is 1. The van der Waals surface area contributed by atoms with Crippen molar-refractivity contribution in [3.63, 3.8) is 0 Å². The first-order chi connectivity index (χ1) is 4.84. The summed E-state index contributed by atoms with van der Waals surface area (Å²) in [6.45, 7) is 0.844. The quantitative estimate of drug-likeness (QED) is 0.571. The van der Waals surface area contributed by atoms with Crippen LogP contribution in [0.25, 0.3) is 0 Å². The summed E-state index contributed by atoms with van der Waals surface area (Å²) in [5.74, 6) is -0.0275. The number of carbonyl (C=O) groups excluding carboxylic acids is 1. The minimum absolute atomic E-state index is 0.0275. The Balaban J connectivity index is 2.32. The average molecular weight is 145 g/mol. The second-order valence-corrected chi connectivity index (χ2v) is 2.16. The van der Waals surface area contributed by atoms with Crippen molar-refractivity contribution in [3.05, 3.63) is 0 Å². The lowest BCUT2D eigenvalue weighted by atomic mass is 10.3. The molecule has 1 aliphatic heterocycles. The first-order valence-electron chi connectivity index (χ1n) is 3.38. The Morgan fingerprint density at radius 2 is 2.50 bits per heavy atom. The lowest BCUT2D eigenvalue weighted by Gasteiger charge is -2.24. The second kappa shape index (κ2) is 3.53. The van der Waals surface area contributed by atoms with Gasteiger partial charge in [-0.3, -0.25) is 9.63 Å². The highest BCUT2D eigenvalue weighted by Crippen LogP contribution is 2.06. The Morgan fingerprint density at radius 3 is 3.10 bits per heavy atom. The van der Waals surface area contributed by atoms with Crippen LogP contribution in [0.15, 0.2) is 0 Å². The molecule has 0 radical (unpaired) electrons. The number of aliphatic hydroxyl groups excluding tert-OH is 1. The van der Waals surface area contributed by atoms with E-state index in [0.29, 0.717) is 19.6 Å². The molecule has 1 rings (SSSR count). The molecule has 0 aromatic heterocycles. The number of hydrogen-bond donors (Lipinski definition) is 1. The van der Waals surface area contributed by atoms with Gasteiger partial charge in [0.15, 0.2) is 0 Å². The number of amides is 1. The van der Waals surface area contributed by atoms with Crippen LogP contribution in [0.5, 0.6) is 0 Å². The van der Waals surface area contributed by atoms with Crippen LogP contribution in [0, 0.1) is 0 Å². The molecular formula is C6H11NO3. The van der Waals surface area contributed by atoms with Crippen molar-refractivity contribution in [2.75, 3.05) is 19.8 Å². The van der Waals surface area contributed by atoms with E-state index in [2.05, 4.69) is 0 Å². The van der Waals surface area contributed by atoms with Crippen molar-refractivity contribution in [1.82, 2.24) is 5.06 Å². The third-order valence-electron chi connectivity index (χ3n) is 1.36. The monoisotopic (exact) mass is 145 g/mol. The molecular weight excluding hydrogens is 134 g/mol. The summed E-state index contributed by atoms with van der Waals surface area (Å²) in [5, 5.41) is 9.69. The molecule has 0 saturated carbocycles. The predicted molar refractivity (Wildman–Crippen MR) is 34.0 cm³/mol. The lowest BCUT2D eigenvalue weighted by molar-refractivity contribution is -0.200. The molecule has 0 bridgehead atoms. The summed E-state index contributed by atoms with van der Waals surface area (Å²) in [6.07, 6.45) is 1.33. The van der Waals surface area contributed by atoms with Crippen LogP contribution in [-0.4, -0.2) is 35.8 Å². The highest BCUT2D eigenvalue weighted by molar-refractivity contribution is 5.75. The molecule has 1 N–H and O–H groups in total. The van der Waals surface area contributed by atoms with Crippen molar-refractivity contribution >= 4 is 5.91 Å². The van der Waals surface area contributed by atoms with Gasteiger partial charge in [0.2, 0.25) is 5.91 Å². The van der Waals surface area contributed by atoms with Crippen LogP contribution in [-0.2, 0) is 9.63 Å². The van der Waals surface area contributed by atoms with E-state index in [0.717, 1.165) is 6.42 Å². The highest BCUT2D eigenvalue weighted by atomic mass is 16.7. The molecule has 4 heteroatoms. The van der Waals surface area contributed by atoms with E-state index in [4.69, 9.17) is 9.94 Å². The van der Waals surface area contributed by atoms with E-state index >= 15 is 0 Å². The zero-order valence-corrected chi connectivity index (χ0v) is 5.75. The first-order valence-corrected chi connectivity index (χ1v) is 3.38. The number of hydroxylamine groups is 2. The smallest absolute Gasteiger partial charge is 0.246 e. The summed E-state index contributed by atoms with van der Waals surface area (Å²) in [4.78, 5) is 15.8. The summed E-state index contributed by atoms with van der Waals surface area (Å²) in [7, 11) is 0. The third kappa shape index (κ3) is 1.68. The lowest BCUT2D eigenvalue weighted by Crippen LogP contribution is -2.37. The molecule has 1 saturated heterocycles. The molecule has 0 aromatic rings. The first kappa shape index (κ1) is 7.50. The summed E-state index contributed by atoms with van der Waals surface area (Å²) in [5.41, 5.74) is 0. The maximum absolute atomic E-state index is 10.9. The Bertz CT molecular complexity index is 124. The third-order valence-corrected chi connectivity index (χ3v) is 1.36. The van der Waals surface area contributed by atoms with Crippen LogP contribution in [0.4, 0.5) is 0 Å². The van der Waals surface area contributed by atoms with Crippen molar-refractivity contribution in [3.8, 4) is 0 Å². The number of β-amino-alcohol motifs (C(OH)–C–C–N with tert-alkyl or cyclic N) is 1.